The van der Waals surface area contributed by atoms with Crippen LogP contribution >= 0.6 is 24.2 Å². The van der Waals surface area contributed by atoms with Crippen molar-refractivity contribution in [3.63, 3.8) is 0 Å². The number of carbonyl (C=O) groups excluding carboxylic acids is 1. The van der Waals surface area contributed by atoms with Crippen LogP contribution in [0.15, 0.2) is 29.2 Å². The molecule has 0 bridgehead atoms. The Kier molecular flexibility index (Phi) is 8.07. The molecule has 2 rings (SSSR count). The van der Waals surface area contributed by atoms with Crippen molar-refractivity contribution in [3.05, 3.63) is 30.1 Å². The molecule has 1 aliphatic heterocycles. The number of thioether (sulfide) groups is 1. The summed E-state index contributed by atoms with van der Waals surface area (Å²) in [5.41, 5.74) is 0. The SMILES string of the molecule is CC1CCNCC1NC(=O)CCSc1ccccc1F.Cl. The molecule has 1 heterocycles. The number of benzene rings is 1. The van der Waals surface area contributed by atoms with E-state index < -0.39 is 0 Å². The van der Waals surface area contributed by atoms with E-state index in [0.717, 1.165) is 19.5 Å². The Hall–Kier alpha value is -0.780. The van der Waals surface area contributed by atoms with Crippen LogP contribution in [0.3, 0.4) is 0 Å². The van der Waals surface area contributed by atoms with Crippen molar-refractivity contribution in [2.45, 2.75) is 30.7 Å². The zero-order valence-corrected chi connectivity index (χ0v) is 13.7. The molecule has 2 unspecified atom stereocenters. The lowest BCUT2D eigenvalue weighted by atomic mass is 9.95. The van der Waals surface area contributed by atoms with Gasteiger partial charge in [-0.2, -0.15) is 0 Å². The molecule has 3 nitrogen and oxygen atoms in total. The molecule has 6 heteroatoms. The highest BCUT2D eigenvalue weighted by molar-refractivity contribution is 7.99. The maximum Gasteiger partial charge on any atom is 0.221 e. The molecule has 1 saturated heterocycles. The van der Waals surface area contributed by atoms with E-state index in [1.807, 2.05) is 0 Å². The van der Waals surface area contributed by atoms with E-state index in [1.165, 1.54) is 17.8 Å². The maximum atomic E-state index is 13.4. The Morgan fingerprint density at radius 1 is 1.48 bits per heavy atom. The number of carbonyl (C=O) groups is 1. The summed E-state index contributed by atoms with van der Waals surface area (Å²) in [5.74, 6) is 0.943. The average Bonchev–Trinajstić information content (AvgIpc) is 2.43. The normalized spacial score (nSPS) is 21.4. The highest BCUT2D eigenvalue weighted by Crippen LogP contribution is 2.21. The first-order valence-electron chi connectivity index (χ1n) is 7.04. The number of nitrogens with one attached hydrogen (secondary N) is 2. The summed E-state index contributed by atoms with van der Waals surface area (Å²) < 4.78 is 13.4. The lowest BCUT2D eigenvalue weighted by Gasteiger charge is -2.30. The van der Waals surface area contributed by atoms with Gasteiger partial charge >= 0.3 is 0 Å². The number of amides is 1. The minimum absolute atomic E-state index is 0. The van der Waals surface area contributed by atoms with Crippen molar-refractivity contribution in [1.82, 2.24) is 10.6 Å². The predicted octanol–water partition coefficient (Wildman–Crippen LogP) is 2.84. The molecular weight excluding hydrogens is 311 g/mol. The largest absolute Gasteiger partial charge is 0.352 e. The van der Waals surface area contributed by atoms with Gasteiger partial charge in [0.05, 0.1) is 0 Å². The van der Waals surface area contributed by atoms with Gasteiger partial charge in [0.15, 0.2) is 0 Å². The molecule has 21 heavy (non-hydrogen) atoms. The molecule has 1 aromatic carbocycles. The van der Waals surface area contributed by atoms with Gasteiger partial charge in [-0.25, -0.2) is 4.39 Å². The van der Waals surface area contributed by atoms with Crippen LogP contribution in [0.2, 0.25) is 0 Å². The third-order valence-electron chi connectivity index (χ3n) is 3.60. The van der Waals surface area contributed by atoms with E-state index in [9.17, 15) is 9.18 Å². The fraction of sp³-hybridized carbons (Fsp3) is 0.533. The Morgan fingerprint density at radius 3 is 2.95 bits per heavy atom. The first-order valence-corrected chi connectivity index (χ1v) is 8.03. The Balaban J connectivity index is 0.00000220. The molecule has 2 atom stereocenters. The quantitative estimate of drug-likeness (QED) is 0.815. The molecule has 0 spiro atoms. The van der Waals surface area contributed by atoms with E-state index in [4.69, 9.17) is 0 Å². The van der Waals surface area contributed by atoms with Crippen LogP contribution in [0, 0.1) is 11.7 Å². The molecule has 0 aliphatic carbocycles. The van der Waals surface area contributed by atoms with Crippen LogP contribution in [0.25, 0.3) is 0 Å². The molecule has 2 N–H and O–H groups in total. The second-order valence-electron chi connectivity index (χ2n) is 5.17. The summed E-state index contributed by atoms with van der Waals surface area (Å²) in [6, 6.07) is 6.88. The fourth-order valence-corrected chi connectivity index (χ4v) is 3.17. The maximum absolute atomic E-state index is 13.4. The van der Waals surface area contributed by atoms with Crippen molar-refractivity contribution in [2.75, 3.05) is 18.8 Å². The van der Waals surface area contributed by atoms with Gasteiger partial charge in [0.25, 0.3) is 0 Å². The molecule has 0 radical (unpaired) electrons. The van der Waals surface area contributed by atoms with Crippen LogP contribution < -0.4 is 10.6 Å². The van der Waals surface area contributed by atoms with Gasteiger partial charge in [0, 0.05) is 29.7 Å². The third-order valence-corrected chi connectivity index (χ3v) is 4.65. The van der Waals surface area contributed by atoms with E-state index in [2.05, 4.69) is 17.6 Å². The van der Waals surface area contributed by atoms with E-state index in [0.29, 0.717) is 23.0 Å². The highest BCUT2D eigenvalue weighted by Gasteiger charge is 2.22. The van der Waals surface area contributed by atoms with Gasteiger partial charge in [-0.15, -0.1) is 24.2 Å². The van der Waals surface area contributed by atoms with Crippen LogP contribution in [0.4, 0.5) is 4.39 Å². The topological polar surface area (TPSA) is 41.1 Å². The monoisotopic (exact) mass is 332 g/mol. The fourth-order valence-electron chi connectivity index (χ4n) is 2.28. The van der Waals surface area contributed by atoms with E-state index in [1.54, 1.807) is 18.2 Å². The lowest BCUT2D eigenvalue weighted by molar-refractivity contribution is -0.121. The minimum Gasteiger partial charge on any atom is -0.352 e. The number of piperidine rings is 1. The first kappa shape index (κ1) is 18.3. The molecule has 0 aromatic heterocycles. The zero-order valence-electron chi connectivity index (χ0n) is 12.1. The summed E-state index contributed by atoms with van der Waals surface area (Å²) >= 11 is 1.39. The van der Waals surface area contributed by atoms with E-state index in [-0.39, 0.29) is 30.2 Å². The molecule has 1 aromatic rings. The van der Waals surface area contributed by atoms with Crippen molar-refractivity contribution in [3.8, 4) is 0 Å². The molecule has 0 saturated carbocycles. The van der Waals surface area contributed by atoms with Crippen molar-refractivity contribution in [2.24, 2.45) is 5.92 Å². The van der Waals surface area contributed by atoms with Gasteiger partial charge in [-0.3, -0.25) is 4.79 Å². The van der Waals surface area contributed by atoms with Crippen LogP contribution in [-0.4, -0.2) is 30.8 Å². The van der Waals surface area contributed by atoms with Gasteiger partial charge in [-0.05, 0) is 31.0 Å². The molecule has 1 amide bonds. The van der Waals surface area contributed by atoms with Crippen LogP contribution in [0.5, 0.6) is 0 Å². The Labute approximate surface area is 135 Å². The second-order valence-corrected chi connectivity index (χ2v) is 6.31. The number of halogens is 2. The van der Waals surface area contributed by atoms with Crippen molar-refractivity contribution < 1.29 is 9.18 Å². The molecule has 1 fully saturated rings. The second kappa shape index (κ2) is 9.28. The Morgan fingerprint density at radius 2 is 2.24 bits per heavy atom. The minimum atomic E-state index is -0.219. The summed E-state index contributed by atoms with van der Waals surface area (Å²) in [5, 5.41) is 6.35. The van der Waals surface area contributed by atoms with Gasteiger partial charge in [0.1, 0.15) is 5.82 Å². The number of rotatable bonds is 5. The van der Waals surface area contributed by atoms with Gasteiger partial charge in [0.2, 0.25) is 5.91 Å². The lowest BCUT2D eigenvalue weighted by Crippen LogP contribution is -2.50. The average molecular weight is 333 g/mol. The Bertz CT molecular complexity index is 461. The zero-order chi connectivity index (χ0) is 14.4. The van der Waals surface area contributed by atoms with Crippen LogP contribution in [-0.2, 0) is 4.79 Å². The predicted molar refractivity (Wildman–Crippen MR) is 87.6 cm³/mol. The number of hydrogen-bond donors (Lipinski definition) is 2. The third kappa shape index (κ3) is 5.85. The molecular formula is C15H22ClFN2OS. The smallest absolute Gasteiger partial charge is 0.221 e. The summed E-state index contributed by atoms with van der Waals surface area (Å²) in [6.07, 6.45) is 1.51. The summed E-state index contributed by atoms with van der Waals surface area (Å²) in [6.45, 7) is 4.03. The van der Waals surface area contributed by atoms with Crippen LogP contribution in [0.1, 0.15) is 19.8 Å². The summed E-state index contributed by atoms with van der Waals surface area (Å²) in [4.78, 5) is 12.5. The molecule has 1 aliphatic rings. The van der Waals surface area contributed by atoms with Crippen molar-refractivity contribution in [1.29, 1.82) is 0 Å². The standard InChI is InChI=1S/C15H21FN2OS.ClH/c1-11-6-8-17-10-13(11)18-15(19)7-9-20-14-5-3-2-4-12(14)16;/h2-5,11,13,17H,6-10H2,1H3,(H,18,19);1H. The summed E-state index contributed by atoms with van der Waals surface area (Å²) in [7, 11) is 0. The highest BCUT2D eigenvalue weighted by atomic mass is 35.5. The molecule has 118 valence electrons. The van der Waals surface area contributed by atoms with Gasteiger partial charge < -0.3 is 10.6 Å². The first-order chi connectivity index (χ1) is 9.66. The van der Waals surface area contributed by atoms with E-state index >= 15 is 0 Å². The number of hydrogen-bond acceptors (Lipinski definition) is 3. The van der Waals surface area contributed by atoms with Gasteiger partial charge in [-0.1, -0.05) is 19.1 Å². The van der Waals surface area contributed by atoms with Crippen molar-refractivity contribution >= 4 is 30.1 Å².